The molecule has 1 amide bonds. The van der Waals surface area contributed by atoms with Crippen molar-refractivity contribution in [1.29, 1.82) is 0 Å². The second-order valence-electron chi connectivity index (χ2n) is 6.42. The number of Topliss-reactive ketones (excluding diaryl/α,β-unsaturated/α-hetero) is 1. The molecular formula is C21H14Cl2N2O3S. The molecule has 0 aliphatic carbocycles. The highest BCUT2D eigenvalue weighted by Gasteiger charge is 2.46. The van der Waals surface area contributed by atoms with E-state index in [0.717, 1.165) is 4.88 Å². The zero-order valence-electron chi connectivity index (χ0n) is 14.9. The van der Waals surface area contributed by atoms with Gasteiger partial charge in [-0.2, -0.15) is 0 Å². The Morgan fingerprint density at radius 2 is 1.86 bits per heavy atom. The van der Waals surface area contributed by atoms with Crippen molar-refractivity contribution in [2.24, 2.45) is 0 Å². The zero-order chi connectivity index (χ0) is 20.5. The van der Waals surface area contributed by atoms with Gasteiger partial charge in [-0.25, -0.2) is 0 Å². The molecule has 1 fully saturated rings. The third kappa shape index (κ3) is 3.67. The second kappa shape index (κ2) is 7.99. The number of thiophene rings is 1. The topological polar surface area (TPSA) is 70.5 Å². The quantitative estimate of drug-likeness (QED) is 0.346. The fraction of sp³-hybridized carbons (Fsp3) is 0.0952. The number of likely N-dealkylation sites (tertiary alicyclic amines) is 1. The summed E-state index contributed by atoms with van der Waals surface area (Å²) >= 11 is 13.5. The maximum Gasteiger partial charge on any atom is 0.295 e. The van der Waals surface area contributed by atoms with Crippen LogP contribution in [-0.4, -0.2) is 26.7 Å². The molecule has 5 nitrogen and oxygen atoms in total. The van der Waals surface area contributed by atoms with Crippen molar-refractivity contribution < 1.29 is 14.7 Å². The molecule has 0 radical (unpaired) electrons. The monoisotopic (exact) mass is 444 g/mol. The van der Waals surface area contributed by atoms with Crippen LogP contribution in [0.4, 0.5) is 0 Å². The highest BCUT2D eigenvalue weighted by atomic mass is 35.5. The van der Waals surface area contributed by atoms with Gasteiger partial charge < -0.3 is 10.0 Å². The van der Waals surface area contributed by atoms with Crippen LogP contribution >= 0.6 is 34.5 Å². The van der Waals surface area contributed by atoms with Crippen LogP contribution in [0, 0.1) is 0 Å². The van der Waals surface area contributed by atoms with Crippen LogP contribution in [0.25, 0.3) is 5.76 Å². The predicted molar refractivity (Wildman–Crippen MR) is 113 cm³/mol. The van der Waals surface area contributed by atoms with Crippen molar-refractivity contribution >= 4 is 52.0 Å². The van der Waals surface area contributed by atoms with Gasteiger partial charge in [0.05, 0.1) is 28.2 Å². The van der Waals surface area contributed by atoms with Gasteiger partial charge in [-0.3, -0.25) is 14.6 Å². The molecule has 1 atom stereocenters. The number of hydrogen-bond donors (Lipinski definition) is 1. The number of hydrogen-bond acceptors (Lipinski definition) is 5. The van der Waals surface area contributed by atoms with E-state index in [2.05, 4.69) is 4.98 Å². The smallest absolute Gasteiger partial charge is 0.295 e. The number of pyridine rings is 1. The molecule has 0 saturated carbocycles. The predicted octanol–water partition coefficient (Wildman–Crippen LogP) is 5.07. The van der Waals surface area contributed by atoms with Crippen LogP contribution < -0.4 is 0 Å². The van der Waals surface area contributed by atoms with Crippen molar-refractivity contribution in [2.45, 2.75) is 12.6 Å². The Morgan fingerprint density at radius 3 is 2.52 bits per heavy atom. The van der Waals surface area contributed by atoms with E-state index < -0.39 is 17.7 Å². The largest absolute Gasteiger partial charge is 0.507 e. The Kier molecular flexibility index (Phi) is 5.41. The number of nitrogens with zero attached hydrogens (tertiary/aromatic N) is 2. The van der Waals surface area contributed by atoms with Crippen LogP contribution in [0.2, 0.25) is 10.0 Å². The van der Waals surface area contributed by atoms with Crippen molar-refractivity contribution in [3.8, 4) is 0 Å². The zero-order valence-corrected chi connectivity index (χ0v) is 17.2. The molecular weight excluding hydrogens is 431 g/mol. The van der Waals surface area contributed by atoms with Gasteiger partial charge in [0.15, 0.2) is 0 Å². The third-order valence-corrected chi connectivity index (χ3v) is 6.26. The Labute approximate surface area is 180 Å². The van der Waals surface area contributed by atoms with Crippen molar-refractivity contribution in [2.75, 3.05) is 0 Å². The summed E-state index contributed by atoms with van der Waals surface area (Å²) in [6.45, 7) is 0.257. The van der Waals surface area contributed by atoms with Crippen LogP contribution in [0.15, 0.2) is 65.8 Å². The molecule has 3 heterocycles. The molecule has 8 heteroatoms. The third-order valence-electron chi connectivity index (χ3n) is 4.66. The summed E-state index contributed by atoms with van der Waals surface area (Å²) in [4.78, 5) is 32.2. The minimum atomic E-state index is -0.744. The van der Waals surface area contributed by atoms with Gasteiger partial charge in [0.2, 0.25) is 0 Å². The standard InChI is InChI=1S/C21H14Cl2N2O3S/c22-15-4-3-13(10-16(15)23)19(26)17-18(12-5-7-24-8-6-12)25(21(28)20(17)27)11-14-2-1-9-29-14/h1-10,18,26H,11H2/b19-17-. The highest BCUT2D eigenvalue weighted by Crippen LogP contribution is 2.41. The molecule has 1 aromatic carbocycles. The number of carbonyl (C=O) groups excluding carboxylic acids is 2. The Hall–Kier alpha value is -2.67. The summed E-state index contributed by atoms with van der Waals surface area (Å²) in [7, 11) is 0. The van der Waals surface area contributed by atoms with Gasteiger partial charge in [0.25, 0.3) is 11.7 Å². The number of carbonyl (C=O) groups is 2. The summed E-state index contributed by atoms with van der Waals surface area (Å²) < 4.78 is 0. The molecule has 1 aliphatic heterocycles. The summed E-state index contributed by atoms with van der Waals surface area (Å²) in [6, 6.07) is 11.0. The summed E-state index contributed by atoms with van der Waals surface area (Å²) in [5, 5.41) is 13.4. The second-order valence-corrected chi connectivity index (χ2v) is 8.26. The number of rotatable bonds is 4. The van der Waals surface area contributed by atoms with Crippen molar-refractivity contribution in [3.63, 3.8) is 0 Å². The first-order chi connectivity index (χ1) is 14.0. The van der Waals surface area contributed by atoms with Crippen molar-refractivity contribution in [1.82, 2.24) is 9.88 Å². The number of benzene rings is 1. The normalized spacial score (nSPS) is 18.4. The minimum absolute atomic E-state index is 0.0103. The fourth-order valence-electron chi connectivity index (χ4n) is 3.30. The number of aliphatic hydroxyl groups is 1. The van der Waals surface area contributed by atoms with Gasteiger partial charge in [0.1, 0.15) is 5.76 Å². The highest BCUT2D eigenvalue weighted by molar-refractivity contribution is 7.09. The van der Waals surface area contributed by atoms with Gasteiger partial charge in [-0.1, -0.05) is 29.3 Å². The van der Waals surface area contributed by atoms with Crippen LogP contribution in [0.1, 0.15) is 22.0 Å². The van der Waals surface area contributed by atoms with Crippen LogP contribution in [0.3, 0.4) is 0 Å². The number of ketones is 1. The van der Waals surface area contributed by atoms with Crippen molar-refractivity contribution in [3.05, 3.63) is 91.9 Å². The first-order valence-corrected chi connectivity index (χ1v) is 10.3. The van der Waals surface area contributed by atoms with Gasteiger partial charge in [-0.15, -0.1) is 11.3 Å². The van der Waals surface area contributed by atoms with E-state index in [4.69, 9.17) is 23.2 Å². The number of aliphatic hydroxyl groups excluding tert-OH is 1. The lowest BCUT2D eigenvalue weighted by atomic mass is 9.96. The Morgan fingerprint density at radius 1 is 1.10 bits per heavy atom. The molecule has 3 aromatic rings. The summed E-state index contributed by atoms with van der Waals surface area (Å²) in [5.41, 5.74) is 1.00. The van der Waals surface area contributed by atoms with E-state index in [-0.39, 0.29) is 22.9 Å². The molecule has 4 rings (SSSR count). The number of aromatic nitrogens is 1. The van der Waals surface area contributed by atoms with Gasteiger partial charge >= 0.3 is 0 Å². The van der Waals surface area contributed by atoms with E-state index in [1.807, 2.05) is 17.5 Å². The van der Waals surface area contributed by atoms with E-state index >= 15 is 0 Å². The molecule has 0 spiro atoms. The average Bonchev–Trinajstić information content (AvgIpc) is 3.32. The van der Waals surface area contributed by atoms with Gasteiger partial charge in [-0.05, 0) is 47.3 Å². The van der Waals surface area contributed by atoms with E-state index in [9.17, 15) is 14.7 Å². The lowest BCUT2D eigenvalue weighted by Crippen LogP contribution is -2.28. The van der Waals surface area contributed by atoms with E-state index in [0.29, 0.717) is 16.1 Å². The first-order valence-electron chi connectivity index (χ1n) is 8.63. The first kappa shape index (κ1) is 19.6. The molecule has 29 heavy (non-hydrogen) atoms. The summed E-state index contributed by atoms with van der Waals surface area (Å²) in [5.74, 6) is -1.70. The van der Waals surface area contributed by atoms with E-state index in [1.54, 1.807) is 30.6 Å². The lowest BCUT2D eigenvalue weighted by molar-refractivity contribution is -0.140. The molecule has 0 bridgehead atoms. The van der Waals surface area contributed by atoms with Crippen LogP contribution in [-0.2, 0) is 16.1 Å². The minimum Gasteiger partial charge on any atom is -0.507 e. The van der Waals surface area contributed by atoms with Crippen LogP contribution in [0.5, 0.6) is 0 Å². The maximum absolute atomic E-state index is 12.9. The molecule has 2 aromatic heterocycles. The fourth-order valence-corrected chi connectivity index (χ4v) is 4.31. The SMILES string of the molecule is O=C1C(=O)N(Cc2cccs2)C(c2ccncc2)/C1=C(/O)c1ccc(Cl)c(Cl)c1. The Balaban J connectivity index is 1.87. The Bertz CT molecular complexity index is 1110. The van der Waals surface area contributed by atoms with Gasteiger partial charge in [0, 0.05) is 22.8 Å². The molecule has 1 N–H and O–H groups in total. The molecule has 1 saturated heterocycles. The van der Waals surface area contributed by atoms with E-state index in [1.165, 1.54) is 28.4 Å². The molecule has 146 valence electrons. The molecule has 1 unspecified atom stereocenters. The number of amides is 1. The lowest BCUT2D eigenvalue weighted by Gasteiger charge is -2.24. The molecule has 1 aliphatic rings. The maximum atomic E-state index is 12.9. The number of halogens is 2. The average molecular weight is 445 g/mol. The summed E-state index contributed by atoms with van der Waals surface area (Å²) in [6.07, 6.45) is 3.17.